The smallest absolute Gasteiger partial charge is 0.255 e. The molecular weight excluding hydrogens is 527 g/mol. The summed E-state index contributed by atoms with van der Waals surface area (Å²) in [5.41, 5.74) is 4.00. The summed E-state index contributed by atoms with van der Waals surface area (Å²) in [5.74, 6) is 0.984. The molecule has 2 aliphatic heterocycles. The van der Waals surface area contributed by atoms with Gasteiger partial charge in [-0.1, -0.05) is 0 Å². The van der Waals surface area contributed by atoms with Crippen molar-refractivity contribution in [1.82, 2.24) is 10.6 Å². The highest BCUT2D eigenvalue weighted by molar-refractivity contribution is 6.07. The van der Waals surface area contributed by atoms with Crippen LogP contribution >= 0.6 is 24.8 Å². The van der Waals surface area contributed by atoms with E-state index in [0.717, 1.165) is 49.5 Å². The summed E-state index contributed by atoms with van der Waals surface area (Å²) in [6.07, 6.45) is 0. The summed E-state index contributed by atoms with van der Waals surface area (Å²) in [6.45, 7) is 3.18. The third-order valence-corrected chi connectivity index (χ3v) is 5.57. The van der Waals surface area contributed by atoms with Crippen LogP contribution in [0.2, 0.25) is 0 Å². The van der Waals surface area contributed by atoms with Crippen molar-refractivity contribution >= 4 is 71.3 Å². The van der Waals surface area contributed by atoms with Crippen molar-refractivity contribution in [2.24, 2.45) is 9.98 Å². The topological polar surface area (TPSA) is 131 Å². The maximum atomic E-state index is 12.6. The van der Waals surface area contributed by atoms with Crippen LogP contribution in [0.1, 0.15) is 20.7 Å². The molecule has 2 aliphatic rings. The van der Waals surface area contributed by atoms with E-state index < -0.39 is 0 Å². The van der Waals surface area contributed by atoms with Crippen LogP contribution in [-0.2, 0) is 0 Å². The van der Waals surface area contributed by atoms with E-state index in [2.05, 4.69) is 41.9 Å². The first-order valence-corrected chi connectivity index (χ1v) is 11.7. The molecule has 0 radical (unpaired) electrons. The lowest BCUT2D eigenvalue weighted by Crippen LogP contribution is -2.26. The Morgan fingerprint density at radius 1 is 0.553 bits per heavy atom. The number of guanidine groups is 2. The molecule has 5 rings (SSSR count). The number of carbonyl (C=O) groups excluding carboxylic acids is 2. The van der Waals surface area contributed by atoms with Crippen molar-refractivity contribution in [3.63, 3.8) is 0 Å². The van der Waals surface area contributed by atoms with Crippen molar-refractivity contribution in [2.45, 2.75) is 0 Å². The first-order valence-electron chi connectivity index (χ1n) is 11.7. The quantitative estimate of drug-likeness (QED) is 0.275. The molecule has 0 aromatic heterocycles. The van der Waals surface area contributed by atoms with Gasteiger partial charge in [0.1, 0.15) is 0 Å². The van der Waals surface area contributed by atoms with E-state index in [0.29, 0.717) is 22.5 Å². The average molecular weight is 555 g/mol. The number of halogens is 2. The van der Waals surface area contributed by atoms with Crippen LogP contribution in [0, 0.1) is 0 Å². The van der Waals surface area contributed by atoms with Crippen LogP contribution in [0.5, 0.6) is 0 Å². The molecule has 6 N–H and O–H groups in total. The average Bonchev–Trinajstić information content (AvgIpc) is 3.61. The molecule has 0 aliphatic carbocycles. The second-order valence-electron chi connectivity index (χ2n) is 8.20. The molecule has 0 spiro atoms. The first kappa shape index (κ1) is 28.3. The summed E-state index contributed by atoms with van der Waals surface area (Å²) in [7, 11) is 0. The Hall–Kier alpha value is -4.28. The molecule has 3 aromatic rings. The van der Waals surface area contributed by atoms with Crippen LogP contribution in [0.25, 0.3) is 0 Å². The van der Waals surface area contributed by atoms with Crippen molar-refractivity contribution in [3.05, 3.63) is 83.9 Å². The Bertz CT molecular complexity index is 1210. The number of anilines is 4. The van der Waals surface area contributed by atoms with Gasteiger partial charge in [0.05, 0.1) is 13.1 Å². The van der Waals surface area contributed by atoms with Crippen LogP contribution < -0.4 is 31.9 Å². The van der Waals surface area contributed by atoms with Crippen LogP contribution in [0.15, 0.2) is 82.8 Å². The number of hydrogen-bond acceptors (Lipinski definition) is 8. The largest absolute Gasteiger partial charge is 0.354 e. The normalized spacial score (nSPS) is 13.4. The summed E-state index contributed by atoms with van der Waals surface area (Å²) in [4.78, 5) is 33.8. The summed E-state index contributed by atoms with van der Waals surface area (Å²) in [6, 6.07) is 21.3. The van der Waals surface area contributed by atoms with Crippen molar-refractivity contribution in [2.75, 3.05) is 47.4 Å². The minimum absolute atomic E-state index is 0. The van der Waals surface area contributed by atoms with Gasteiger partial charge in [0.15, 0.2) is 11.9 Å². The minimum Gasteiger partial charge on any atom is -0.354 e. The van der Waals surface area contributed by atoms with E-state index in [-0.39, 0.29) is 36.6 Å². The predicted octanol–water partition coefficient (Wildman–Crippen LogP) is 3.78. The van der Waals surface area contributed by atoms with Gasteiger partial charge >= 0.3 is 0 Å². The standard InChI is InChI=1S/C26H26N8O2.2ClH/c35-23(31-19-5-9-21(10-6-19)33-25-27-13-14-28-25)17-1-2-18(4-3-17)24(36)32-20-7-11-22(12-8-20)34-26-29-15-16-30-26;;/h1-12H,13-16H2,(H,31,35)(H,32,36)(H2,27,28,33)(H2,29,30,34);2*1H. The molecule has 38 heavy (non-hydrogen) atoms. The van der Waals surface area contributed by atoms with Gasteiger partial charge < -0.3 is 31.9 Å². The number of rotatable bonds is 6. The second kappa shape index (κ2) is 13.3. The van der Waals surface area contributed by atoms with Gasteiger partial charge in [0.25, 0.3) is 11.8 Å². The zero-order valence-corrected chi connectivity index (χ0v) is 21.9. The summed E-state index contributed by atoms with van der Waals surface area (Å²) in [5, 5.41) is 18.4. The van der Waals surface area contributed by atoms with Crippen molar-refractivity contribution < 1.29 is 9.59 Å². The third-order valence-electron chi connectivity index (χ3n) is 5.57. The molecule has 12 heteroatoms. The van der Waals surface area contributed by atoms with E-state index in [1.807, 2.05) is 48.5 Å². The fourth-order valence-electron chi connectivity index (χ4n) is 3.69. The van der Waals surface area contributed by atoms with Gasteiger partial charge in [-0.05, 0) is 72.8 Å². The molecule has 0 fully saturated rings. The Kier molecular flexibility index (Phi) is 9.92. The molecule has 0 bridgehead atoms. The number of nitrogens with one attached hydrogen (secondary N) is 6. The minimum atomic E-state index is -0.256. The summed E-state index contributed by atoms with van der Waals surface area (Å²) < 4.78 is 0. The lowest BCUT2D eigenvalue weighted by molar-refractivity contribution is 0.101. The van der Waals surface area contributed by atoms with E-state index in [1.54, 1.807) is 24.3 Å². The highest BCUT2D eigenvalue weighted by atomic mass is 35.5. The number of nitrogens with zero attached hydrogens (tertiary/aromatic N) is 2. The molecule has 0 saturated carbocycles. The fourth-order valence-corrected chi connectivity index (χ4v) is 3.69. The molecule has 0 atom stereocenters. The number of amides is 2. The zero-order chi connectivity index (χ0) is 24.7. The molecular formula is C26H28Cl2N8O2. The van der Waals surface area contributed by atoms with Gasteiger partial charge in [-0.3, -0.25) is 19.6 Å². The number of aliphatic imine (C=N–C) groups is 2. The monoisotopic (exact) mass is 554 g/mol. The Morgan fingerprint density at radius 2 is 0.895 bits per heavy atom. The van der Waals surface area contributed by atoms with Crippen LogP contribution in [-0.4, -0.2) is 49.9 Å². The maximum absolute atomic E-state index is 12.6. The molecule has 2 amide bonds. The SMILES string of the molecule is Cl.Cl.O=C(Nc1ccc(NC2=NCCN2)cc1)c1ccc(C(=O)Nc2ccc(NC3=NCCN3)cc2)cc1. The van der Waals surface area contributed by atoms with Gasteiger partial charge in [-0.2, -0.15) is 0 Å². The molecule has 3 aromatic carbocycles. The fraction of sp³-hybridized carbons (Fsp3) is 0.154. The predicted molar refractivity (Wildman–Crippen MR) is 158 cm³/mol. The van der Waals surface area contributed by atoms with E-state index in [9.17, 15) is 9.59 Å². The van der Waals surface area contributed by atoms with Gasteiger partial charge in [0.2, 0.25) is 0 Å². The lowest BCUT2D eigenvalue weighted by atomic mass is 10.1. The Labute approximate surface area is 232 Å². The Balaban J connectivity index is 0.00000200. The molecule has 10 nitrogen and oxygen atoms in total. The van der Waals surface area contributed by atoms with E-state index >= 15 is 0 Å². The number of hydrogen-bond donors (Lipinski definition) is 6. The summed E-state index contributed by atoms with van der Waals surface area (Å²) >= 11 is 0. The van der Waals surface area contributed by atoms with Gasteiger partial charge in [-0.15, -0.1) is 24.8 Å². The highest BCUT2D eigenvalue weighted by Crippen LogP contribution is 2.17. The van der Waals surface area contributed by atoms with Crippen LogP contribution in [0.3, 0.4) is 0 Å². The van der Waals surface area contributed by atoms with Crippen molar-refractivity contribution in [1.29, 1.82) is 0 Å². The first-order chi connectivity index (χ1) is 17.6. The maximum Gasteiger partial charge on any atom is 0.255 e. The molecule has 198 valence electrons. The van der Waals surface area contributed by atoms with Crippen molar-refractivity contribution in [3.8, 4) is 0 Å². The molecule has 0 saturated heterocycles. The number of carbonyl (C=O) groups is 2. The van der Waals surface area contributed by atoms with Crippen LogP contribution in [0.4, 0.5) is 22.7 Å². The molecule has 0 unspecified atom stereocenters. The van der Waals surface area contributed by atoms with E-state index in [1.165, 1.54) is 0 Å². The third kappa shape index (κ3) is 7.37. The zero-order valence-electron chi connectivity index (χ0n) is 20.3. The highest BCUT2D eigenvalue weighted by Gasteiger charge is 2.11. The van der Waals surface area contributed by atoms with E-state index in [4.69, 9.17) is 0 Å². The number of benzene rings is 3. The Morgan fingerprint density at radius 3 is 1.21 bits per heavy atom. The lowest BCUT2D eigenvalue weighted by Gasteiger charge is -2.10. The van der Waals surface area contributed by atoms with Gasteiger partial charge in [-0.25, -0.2) is 0 Å². The molecule has 2 heterocycles. The van der Waals surface area contributed by atoms with Gasteiger partial charge in [0, 0.05) is 47.0 Å². The second-order valence-corrected chi connectivity index (χ2v) is 8.20.